The molecule has 0 spiro atoms. The Hall–Kier alpha value is -1.55. The van der Waals surface area contributed by atoms with Crippen LogP contribution in [0.2, 0.25) is 0 Å². The summed E-state index contributed by atoms with van der Waals surface area (Å²) in [7, 11) is 0. The monoisotopic (exact) mass is 300 g/mol. The summed E-state index contributed by atoms with van der Waals surface area (Å²) in [5.41, 5.74) is 0. The van der Waals surface area contributed by atoms with E-state index in [2.05, 4.69) is 0 Å². The third-order valence-corrected chi connectivity index (χ3v) is 2.82. The number of nitrogens with zero attached hydrogens (tertiary/aromatic N) is 2. The number of halogens is 3. The first-order chi connectivity index (χ1) is 9.15. The molecule has 20 heavy (non-hydrogen) atoms. The topological polar surface area (TPSA) is 101 Å². The van der Waals surface area contributed by atoms with Gasteiger partial charge in [-0.2, -0.15) is 13.2 Å². The number of likely N-dealkylation sites (tertiary alicyclic amines) is 1. The number of amides is 2. The molecular formula is C10H15F3N2O5. The van der Waals surface area contributed by atoms with Crippen molar-refractivity contribution in [3.8, 4) is 0 Å². The highest BCUT2D eigenvalue weighted by atomic mass is 19.4. The van der Waals surface area contributed by atoms with Gasteiger partial charge in [0, 0.05) is 19.5 Å². The number of urea groups is 1. The summed E-state index contributed by atoms with van der Waals surface area (Å²) in [5.74, 6) is -1.40. The van der Waals surface area contributed by atoms with Crippen molar-refractivity contribution in [3.63, 3.8) is 0 Å². The number of carbonyl (C=O) groups excluding carboxylic acids is 1. The summed E-state index contributed by atoms with van der Waals surface area (Å²) in [6.45, 7) is -3.20. The zero-order valence-corrected chi connectivity index (χ0v) is 10.4. The minimum atomic E-state index is -4.66. The Morgan fingerprint density at radius 3 is 2.40 bits per heavy atom. The van der Waals surface area contributed by atoms with Crippen molar-refractivity contribution in [1.29, 1.82) is 0 Å². The molecule has 2 atom stereocenters. The van der Waals surface area contributed by atoms with E-state index in [1.807, 2.05) is 0 Å². The van der Waals surface area contributed by atoms with Gasteiger partial charge in [-0.05, 0) is 0 Å². The van der Waals surface area contributed by atoms with Crippen molar-refractivity contribution < 1.29 is 38.1 Å². The average Bonchev–Trinajstić information content (AvgIpc) is 2.68. The van der Waals surface area contributed by atoms with Crippen LogP contribution in [0.25, 0.3) is 0 Å². The first kappa shape index (κ1) is 16.5. The molecule has 0 aromatic carbocycles. The van der Waals surface area contributed by atoms with Crippen LogP contribution in [-0.4, -0.2) is 81.7 Å². The molecule has 1 saturated heterocycles. The first-order valence-corrected chi connectivity index (χ1v) is 5.79. The fraction of sp³-hybridized carbons (Fsp3) is 0.800. The van der Waals surface area contributed by atoms with Crippen LogP contribution in [0.5, 0.6) is 0 Å². The van der Waals surface area contributed by atoms with E-state index < -0.39 is 50.0 Å². The van der Waals surface area contributed by atoms with Gasteiger partial charge in [0.1, 0.15) is 12.6 Å². The minimum Gasteiger partial charge on any atom is -0.480 e. The summed E-state index contributed by atoms with van der Waals surface area (Å²) in [4.78, 5) is 23.9. The normalized spacial score (nSPS) is 22.9. The number of carbonyl (C=O) groups is 2. The molecule has 0 aromatic rings. The highest BCUT2D eigenvalue weighted by molar-refractivity contribution is 5.83. The van der Waals surface area contributed by atoms with E-state index in [0.717, 1.165) is 0 Å². The Labute approximate surface area is 112 Å². The average molecular weight is 300 g/mol. The number of alkyl halides is 3. The lowest BCUT2D eigenvalue weighted by molar-refractivity contribution is -0.144. The standard InChI is InChI=1S/C10H15F3N2O5/c11-10(12,13)5-14(1-2-16)9(20)15-4-6(17)3-7(15)8(18)19/h6-7,16-17H,1-5H2,(H,18,19)/t6-,7+/m1/s1. The fourth-order valence-corrected chi connectivity index (χ4v) is 2.02. The second kappa shape index (κ2) is 6.27. The summed E-state index contributed by atoms with van der Waals surface area (Å²) in [5, 5.41) is 27.0. The molecule has 1 aliphatic rings. The maximum Gasteiger partial charge on any atom is 0.406 e. The van der Waals surface area contributed by atoms with Crippen LogP contribution in [0.1, 0.15) is 6.42 Å². The van der Waals surface area contributed by atoms with Gasteiger partial charge in [-0.1, -0.05) is 0 Å². The van der Waals surface area contributed by atoms with E-state index in [4.69, 9.17) is 10.2 Å². The van der Waals surface area contributed by atoms with Gasteiger partial charge in [0.05, 0.1) is 12.7 Å². The van der Waals surface area contributed by atoms with Crippen molar-refractivity contribution in [1.82, 2.24) is 9.80 Å². The van der Waals surface area contributed by atoms with Gasteiger partial charge in [0.2, 0.25) is 0 Å². The number of aliphatic hydroxyl groups excluding tert-OH is 2. The van der Waals surface area contributed by atoms with Crippen molar-refractivity contribution in [2.75, 3.05) is 26.2 Å². The zero-order chi connectivity index (χ0) is 15.5. The maximum atomic E-state index is 12.3. The van der Waals surface area contributed by atoms with E-state index in [9.17, 15) is 27.9 Å². The van der Waals surface area contributed by atoms with Crippen molar-refractivity contribution in [3.05, 3.63) is 0 Å². The summed E-state index contributed by atoms with van der Waals surface area (Å²) in [6, 6.07) is -2.53. The highest BCUT2D eigenvalue weighted by Gasteiger charge is 2.42. The van der Waals surface area contributed by atoms with Crippen LogP contribution in [0.4, 0.5) is 18.0 Å². The Morgan fingerprint density at radius 2 is 1.95 bits per heavy atom. The van der Waals surface area contributed by atoms with Crippen LogP contribution in [0, 0.1) is 0 Å². The molecule has 10 heteroatoms. The van der Waals surface area contributed by atoms with Crippen molar-refractivity contribution in [2.24, 2.45) is 0 Å². The summed E-state index contributed by atoms with van der Waals surface area (Å²) >= 11 is 0. The van der Waals surface area contributed by atoms with Gasteiger partial charge in [0.15, 0.2) is 0 Å². The zero-order valence-electron chi connectivity index (χ0n) is 10.4. The van der Waals surface area contributed by atoms with Crippen LogP contribution in [0.3, 0.4) is 0 Å². The number of hydrogen-bond donors (Lipinski definition) is 3. The molecule has 1 heterocycles. The third kappa shape index (κ3) is 4.23. The summed E-state index contributed by atoms with van der Waals surface area (Å²) in [6.07, 6.45) is -6.00. The second-order valence-electron chi connectivity index (χ2n) is 4.44. The summed E-state index contributed by atoms with van der Waals surface area (Å²) < 4.78 is 37.0. The molecule has 1 aliphatic heterocycles. The fourth-order valence-electron chi connectivity index (χ4n) is 2.02. The molecule has 1 fully saturated rings. The molecule has 0 aromatic heterocycles. The molecule has 7 nitrogen and oxygen atoms in total. The molecule has 0 saturated carbocycles. The van der Waals surface area contributed by atoms with Crippen LogP contribution < -0.4 is 0 Å². The molecule has 116 valence electrons. The van der Waals surface area contributed by atoms with Gasteiger partial charge < -0.3 is 25.1 Å². The Morgan fingerprint density at radius 1 is 1.35 bits per heavy atom. The maximum absolute atomic E-state index is 12.3. The van der Waals surface area contributed by atoms with Gasteiger partial charge in [-0.25, -0.2) is 9.59 Å². The molecule has 2 amide bonds. The van der Waals surface area contributed by atoms with Crippen molar-refractivity contribution in [2.45, 2.75) is 24.7 Å². The third-order valence-electron chi connectivity index (χ3n) is 2.82. The Kier molecular flexibility index (Phi) is 5.17. The van der Waals surface area contributed by atoms with Crippen LogP contribution >= 0.6 is 0 Å². The van der Waals surface area contributed by atoms with Gasteiger partial charge in [0.25, 0.3) is 0 Å². The van der Waals surface area contributed by atoms with Gasteiger partial charge in [-0.3, -0.25) is 0 Å². The predicted molar refractivity (Wildman–Crippen MR) is 58.9 cm³/mol. The molecule has 0 bridgehead atoms. The largest absolute Gasteiger partial charge is 0.480 e. The van der Waals surface area contributed by atoms with Crippen molar-refractivity contribution >= 4 is 12.0 Å². The van der Waals surface area contributed by atoms with Gasteiger partial charge >= 0.3 is 18.2 Å². The number of carboxylic acid groups (broad SMARTS) is 1. The quantitative estimate of drug-likeness (QED) is 0.649. The van der Waals surface area contributed by atoms with E-state index in [1.165, 1.54) is 0 Å². The lowest BCUT2D eigenvalue weighted by Crippen LogP contribution is -2.51. The van der Waals surface area contributed by atoms with E-state index in [-0.39, 0.29) is 13.0 Å². The first-order valence-electron chi connectivity index (χ1n) is 5.79. The number of aliphatic hydroxyl groups is 2. The number of aliphatic carboxylic acids is 1. The van der Waals surface area contributed by atoms with E-state index in [0.29, 0.717) is 9.80 Å². The molecule has 0 radical (unpaired) electrons. The number of carboxylic acids is 1. The Balaban J connectivity index is 2.85. The number of β-amino-alcohol motifs (C(OH)–C–C–N with tert-alkyl or cyclic N) is 1. The Bertz CT molecular complexity index is 376. The van der Waals surface area contributed by atoms with E-state index >= 15 is 0 Å². The number of rotatable bonds is 4. The molecular weight excluding hydrogens is 285 g/mol. The van der Waals surface area contributed by atoms with E-state index in [1.54, 1.807) is 0 Å². The molecule has 0 aliphatic carbocycles. The SMILES string of the molecule is O=C(O)[C@@H]1C[C@@H](O)CN1C(=O)N(CCO)CC(F)(F)F. The molecule has 0 unspecified atom stereocenters. The van der Waals surface area contributed by atoms with Crippen LogP contribution in [-0.2, 0) is 4.79 Å². The number of hydrogen-bond acceptors (Lipinski definition) is 4. The second-order valence-corrected chi connectivity index (χ2v) is 4.44. The van der Waals surface area contributed by atoms with Gasteiger partial charge in [-0.15, -0.1) is 0 Å². The highest BCUT2D eigenvalue weighted by Crippen LogP contribution is 2.22. The lowest BCUT2D eigenvalue weighted by atomic mass is 10.2. The predicted octanol–water partition coefficient (Wildman–Crippen LogP) is -0.517. The molecule has 1 rings (SSSR count). The molecule has 3 N–H and O–H groups in total. The minimum absolute atomic E-state index is 0.236. The lowest BCUT2D eigenvalue weighted by Gasteiger charge is -2.30. The van der Waals surface area contributed by atoms with Crippen LogP contribution in [0.15, 0.2) is 0 Å². The smallest absolute Gasteiger partial charge is 0.406 e.